The molecule has 0 aliphatic rings. The molecule has 35 heteroatoms. The summed E-state index contributed by atoms with van der Waals surface area (Å²) in [6.45, 7) is 15.5. The summed E-state index contributed by atoms with van der Waals surface area (Å²) in [6.07, 6.45) is -6.93. The summed E-state index contributed by atoms with van der Waals surface area (Å²) >= 11 is 0. The first kappa shape index (κ1) is 89.5. The molecule has 0 heterocycles. The van der Waals surface area contributed by atoms with Crippen LogP contribution in [0, 0.1) is 11.3 Å². The molecule has 0 saturated heterocycles. The predicted molar refractivity (Wildman–Crippen MR) is 391 cm³/mol. The number of fused-ring (bicyclic) bond motifs is 1. The van der Waals surface area contributed by atoms with Crippen LogP contribution >= 0.6 is 0 Å². The average Bonchev–Trinajstić information content (AvgIpc) is 0.765. The number of phenols is 1. The van der Waals surface area contributed by atoms with Crippen molar-refractivity contribution in [1.82, 2.24) is 63.8 Å². The standard InChI is InChI=1S/C74H99N13O22/c1-37(2)61(98)62(74(8,9)10)87-73(109)55(36-60(96)97)86-70(106)51(32-43-23-25-46(88)26-24-43)82-69(105)50(31-42-17-12-11-13-18-42)83-72(108)54(35-59(94)95)85-66(102)48(27-29-57(90)91)79-65(101)41(7)77-63(99)40(6)78-68(104)52(33-45-21-16-20-44-19-14-15-22-47(44)45)84-67(103)49(28-30-58(92)93)80-71(107)53(34-56(75)89)81-64(100)39(5)76-38(3)4/h11-26,37-41,48-55,62,76,88H,27-36H2,1-10H3,(H2,75,89)(H,77,99)(H,78,104)(H,79,101)(H,80,107)(H,81,100)(H,82,105)(H,83,108)(H,84,103)(H,85,102)(H,86,106)(H,87,109)(H,90,91)(H,92,93)(H,94,95)(H,96,97)/t39-,40-,41-,48+,49+,50+,51+,52+,53+,54+,55?,62-/m1/s1. The van der Waals surface area contributed by atoms with Crippen LogP contribution < -0.4 is 69.5 Å². The first-order chi connectivity index (χ1) is 51.0. The summed E-state index contributed by atoms with van der Waals surface area (Å²) in [5, 5.41) is 80.1. The van der Waals surface area contributed by atoms with E-state index in [1.54, 1.807) is 121 Å². The maximum absolute atomic E-state index is 14.7. The van der Waals surface area contributed by atoms with Gasteiger partial charge in [-0.2, -0.15) is 0 Å². The van der Waals surface area contributed by atoms with Crippen molar-refractivity contribution in [1.29, 1.82) is 0 Å². The number of nitrogens with one attached hydrogen (secondary N) is 12. The molecule has 35 nitrogen and oxygen atoms in total. The van der Waals surface area contributed by atoms with E-state index in [-0.39, 0.29) is 18.2 Å². The Morgan fingerprint density at radius 3 is 1.18 bits per heavy atom. The van der Waals surface area contributed by atoms with E-state index in [1.807, 2.05) is 0 Å². The van der Waals surface area contributed by atoms with Crippen LogP contribution in [0.2, 0.25) is 0 Å². The number of hydrogen-bond acceptors (Lipinski definition) is 19. The van der Waals surface area contributed by atoms with Gasteiger partial charge in [-0.3, -0.25) is 81.5 Å². The number of carboxylic acid groups (broad SMARTS) is 4. The number of Topliss-reactive ketones (excluding diaryl/α,β-unsaturated/α-hetero) is 1. The summed E-state index contributed by atoms with van der Waals surface area (Å²) in [5.41, 5.74) is 5.67. The molecule has 0 radical (unpaired) electrons. The summed E-state index contributed by atoms with van der Waals surface area (Å²) < 4.78 is 0. The molecule has 0 aliphatic heterocycles. The lowest BCUT2D eigenvalue weighted by Crippen LogP contribution is -2.61. The Kier molecular flexibility index (Phi) is 34.8. The molecular weight excluding hydrogens is 1420 g/mol. The number of nitrogens with two attached hydrogens (primary N) is 1. The quantitative estimate of drug-likeness (QED) is 0.0257. The van der Waals surface area contributed by atoms with Gasteiger partial charge in [-0.25, -0.2) is 0 Å². The van der Waals surface area contributed by atoms with E-state index in [2.05, 4.69) is 63.8 Å². The molecule has 109 heavy (non-hydrogen) atoms. The number of primary amides is 1. The van der Waals surface area contributed by atoms with Crippen LogP contribution in [-0.4, -0.2) is 205 Å². The van der Waals surface area contributed by atoms with E-state index in [1.165, 1.54) is 38.1 Å². The normalized spacial score (nSPS) is 14.6. The molecule has 592 valence electrons. The third-order valence-electron chi connectivity index (χ3n) is 17.0. The number of aliphatic carboxylic acids is 4. The van der Waals surface area contributed by atoms with Gasteiger partial charge in [0, 0.05) is 44.1 Å². The van der Waals surface area contributed by atoms with Crippen LogP contribution in [0.3, 0.4) is 0 Å². The van der Waals surface area contributed by atoms with Gasteiger partial charge in [0.15, 0.2) is 5.78 Å². The van der Waals surface area contributed by atoms with Crippen molar-refractivity contribution in [2.45, 2.75) is 212 Å². The summed E-state index contributed by atoms with van der Waals surface area (Å²) in [7, 11) is 0. The Morgan fingerprint density at radius 1 is 0.367 bits per heavy atom. The molecule has 12 amide bonds. The zero-order valence-corrected chi connectivity index (χ0v) is 62.1. The van der Waals surface area contributed by atoms with Crippen molar-refractivity contribution < 1.29 is 107 Å². The minimum absolute atomic E-state index is 0.189. The van der Waals surface area contributed by atoms with Crippen molar-refractivity contribution in [2.75, 3.05) is 0 Å². The van der Waals surface area contributed by atoms with Gasteiger partial charge >= 0.3 is 23.9 Å². The molecule has 0 fully saturated rings. The Bertz CT molecular complexity index is 3950. The van der Waals surface area contributed by atoms with E-state index in [0.717, 1.165) is 6.92 Å². The number of phenolic OH excluding ortho intramolecular Hbond substituents is 1. The number of aromatic hydroxyl groups is 1. The summed E-state index contributed by atoms with van der Waals surface area (Å²) in [4.78, 5) is 229. The average molecular weight is 1520 g/mol. The van der Waals surface area contributed by atoms with E-state index in [0.29, 0.717) is 27.5 Å². The molecular formula is C74H99N13O22. The maximum atomic E-state index is 14.7. The van der Waals surface area contributed by atoms with Crippen molar-refractivity contribution in [3.8, 4) is 5.75 Å². The van der Waals surface area contributed by atoms with Gasteiger partial charge in [-0.15, -0.1) is 0 Å². The van der Waals surface area contributed by atoms with E-state index < -0.39 is 242 Å². The fourth-order valence-corrected chi connectivity index (χ4v) is 11.2. The van der Waals surface area contributed by atoms with Crippen molar-refractivity contribution in [3.63, 3.8) is 0 Å². The number of ketones is 1. The smallest absolute Gasteiger partial charge is 0.305 e. The lowest BCUT2D eigenvalue weighted by atomic mass is 9.81. The number of carboxylic acids is 4. The highest BCUT2D eigenvalue weighted by atomic mass is 16.4. The maximum Gasteiger partial charge on any atom is 0.305 e. The van der Waals surface area contributed by atoms with Gasteiger partial charge in [-0.1, -0.05) is 133 Å². The van der Waals surface area contributed by atoms with Gasteiger partial charge in [0.05, 0.1) is 31.3 Å². The molecule has 0 bridgehead atoms. The highest BCUT2D eigenvalue weighted by molar-refractivity contribution is 6.02. The molecule has 0 spiro atoms. The summed E-state index contributed by atoms with van der Waals surface area (Å²) in [5.74, 6) is -20.6. The molecule has 4 rings (SSSR count). The van der Waals surface area contributed by atoms with E-state index in [9.17, 15) is 107 Å². The molecule has 19 N–H and O–H groups in total. The van der Waals surface area contributed by atoms with Crippen LogP contribution in [0.4, 0.5) is 0 Å². The van der Waals surface area contributed by atoms with E-state index in [4.69, 9.17) is 5.73 Å². The van der Waals surface area contributed by atoms with Gasteiger partial charge in [-0.05, 0) is 78.6 Å². The molecule has 4 aromatic carbocycles. The topological polar surface area (TPSA) is 562 Å². The molecule has 4 aromatic rings. The third kappa shape index (κ3) is 30.5. The SMILES string of the molecule is CC(C)N[C@H](C)C(=O)N[C@@H](CC(N)=O)C(=O)N[C@@H](CCC(=O)O)C(=O)N[C@@H](Cc1cccc2ccccc12)C(=O)N[C@H](C)C(=O)N[C@H](C)C(=O)N[C@@H](CCC(=O)O)C(=O)N[C@@H](CC(=O)O)C(=O)N[C@@H](Cc1ccccc1)C(=O)N[C@@H](Cc1ccc(O)cc1)C(=O)NC(CC(=O)O)C(=O)N[C@H](C(=O)C(C)C)C(C)(C)C. The predicted octanol–water partition coefficient (Wildman–Crippen LogP) is -0.842. The lowest BCUT2D eigenvalue weighted by molar-refractivity contribution is -0.142. The molecule has 0 saturated carbocycles. The second kappa shape index (κ2) is 42.4. The van der Waals surface area contributed by atoms with Crippen LogP contribution in [0.1, 0.15) is 131 Å². The Balaban J connectivity index is 1.61. The minimum Gasteiger partial charge on any atom is -0.508 e. The molecule has 12 atom stereocenters. The largest absolute Gasteiger partial charge is 0.508 e. The Morgan fingerprint density at radius 2 is 0.725 bits per heavy atom. The summed E-state index contributed by atoms with van der Waals surface area (Å²) in [6, 6.07) is 5.29. The number of rotatable bonds is 44. The Hall–Kier alpha value is -11.9. The fourth-order valence-electron chi connectivity index (χ4n) is 11.2. The van der Waals surface area contributed by atoms with Gasteiger partial charge < -0.3 is 95.1 Å². The number of benzene rings is 4. The second-order valence-corrected chi connectivity index (χ2v) is 28.0. The van der Waals surface area contributed by atoms with Crippen molar-refractivity contribution >= 4 is 111 Å². The number of carbonyl (C=O) groups is 17. The Labute approximate surface area is 628 Å². The first-order valence-electron chi connectivity index (χ1n) is 35.1. The van der Waals surface area contributed by atoms with Crippen molar-refractivity contribution in [2.24, 2.45) is 17.1 Å². The molecule has 1 unspecified atom stereocenters. The number of hydrogen-bond donors (Lipinski definition) is 18. The molecule has 0 aromatic heterocycles. The van der Waals surface area contributed by atoms with Crippen LogP contribution in [0.25, 0.3) is 10.8 Å². The molecule has 0 aliphatic carbocycles. The zero-order chi connectivity index (χ0) is 81.7. The third-order valence-corrected chi connectivity index (χ3v) is 17.0. The highest BCUT2D eigenvalue weighted by Crippen LogP contribution is 2.24. The highest BCUT2D eigenvalue weighted by Gasteiger charge is 2.40. The fraction of sp³-hybridized carbons (Fsp3) is 0.473. The first-order valence-corrected chi connectivity index (χ1v) is 35.1. The van der Waals surface area contributed by atoms with Crippen molar-refractivity contribution in [3.05, 3.63) is 114 Å². The van der Waals surface area contributed by atoms with Crippen LogP contribution in [-0.2, 0) is 101 Å². The number of carbonyl (C=O) groups excluding carboxylic acids is 13. The van der Waals surface area contributed by atoms with Gasteiger partial charge in [0.1, 0.15) is 66.2 Å². The monoisotopic (exact) mass is 1520 g/mol. The zero-order valence-electron chi connectivity index (χ0n) is 62.1. The van der Waals surface area contributed by atoms with Crippen LogP contribution in [0.15, 0.2) is 97.1 Å². The van der Waals surface area contributed by atoms with Gasteiger partial charge in [0.2, 0.25) is 70.9 Å². The lowest BCUT2D eigenvalue weighted by Gasteiger charge is -2.33. The second-order valence-electron chi connectivity index (χ2n) is 28.0. The number of amides is 12. The minimum atomic E-state index is -2.13. The van der Waals surface area contributed by atoms with E-state index >= 15 is 0 Å². The van der Waals surface area contributed by atoms with Crippen LogP contribution in [0.5, 0.6) is 5.75 Å². The van der Waals surface area contributed by atoms with Gasteiger partial charge in [0.25, 0.3) is 0 Å².